The molecule has 12 heteroatoms. The number of nitrogens with zero attached hydrogens (tertiary/aromatic N) is 4. The number of halogens is 1. The normalized spacial score (nSPS) is 25.7. The minimum absolute atomic E-state index is 0.0278. The Morgan fingerprint density at radius 1 is 1.37 bits per heavy atom. The first-order chi connectivity index (χ1) is 12.6. The van der Waals surface area contributed by atoms with Gasteiger partial charge in [0.05, 0.1) is 12.9 Å². The van der Waals surface area contributed by atoms with E-state index in [0.717, 1.165) is 0 Å². The van der Waals surface area contributed by atoms with Crippen LogP contribution in [0.5, 0.6) is 0 Å². The van der Waals surface area contributed by atoms with E-state index in [-0.39, 0.29) is 17.0 Å². The molecule has 0 spiro atoms. The number of aliphatic hydroxyl groups is 3. The molecule has 2 aromatic heterocycles. The quantitative estimate of drug-likeness (QED) is 0.532. The molecule has 1 fully saturated rings. The third-order valence-corrected chi connectivity index (χ3v) is 3.80. The maximum atomic E-state index is 13.9. The van der Waals surface area contributed by atoms with Crippen molar-refractivity contribution >= 4 is 23.1 Å². The summed E-state index contributed by atoms with van der Waals surface area (Å²) in [7, 11) is 0. The number of amides is 1. The molecule has 0 bridgehead atoms. The van der Waals surface area contributed by atoms with Crippen LogP contribution in [-0.2, 0) is 9.47 Å². The van der Waals surface area contributed by atoms with Crippen LogP contribution in [-0.4, -0.2) is 71.5 Å². The third kappa shape index (κ3) is 3.83. The number of carbonyl (C=O) groups is 1. The number of nitrogens with one attached hydrogen (secondary N) is 1. The number of aliphatic hydroxyl groups excluding tert-OH is 3. The molecular formula is C15H20FN5O6. The average molecular weight is 385 g/mol. The molecule has 0 aromatic carbocycles. The van der Waals surface area contributed by atoms with Crippen molar-refractivity contribution in [3.05, 3.63) is 12.4 Å². The first-order valence-corrected chi connectivity index (χ1v) is 8.13. The fraction of sp³-hybridized carbons (Fsp3) is 0.600. The molecule has 27 heavy (non-hydrogen) atoms. The van der Waals surface area contributed by atoms with Crippen molar-refractivity contribution in [2.75, 3.05) is 11.9 Å². The monoisotopic (exact) mass is 385 g/mol. The molecular weight excluding hydrogens is 365 g/mol. The lowest BCUT2D eigenvalue weighted by Gasteiger charge is -2.19. The van der Waals surface area contributed by atoms with Gasteiger partial charge in [0.25, 0.3) is 0 Å². The zero-order valence-electron chi connectivity index (χ0n) is 14.8. The number of aromatic nitrogens is 4. The summed E-state index contributed by atoms with van der Waals surface area (Å²) in [5, 5.41) is 31.5. The van der Waals surface area contributed by atoms with E-state index in [2.05, 4.69) is 20.3 Å². The Morgan fingerprint density at radius 2 is 2.07 bits per heavy atom. The molecule has 1 aliphatic heterocycles. The SMILES string of the molecule is CC(C)(C)OC(=O)Nc1nc(F)nc2c1ncn2[C@@H]1O[C@H](CO)[C@H](O)C1O. The molecule has 2 aromatic rings. The molecule has 1 aliphatic rings. The van der Waals surface area contributed by atoms with Gasteiger partial charge in [-0.15, -0.1) is 0 Å². The summed E-state index contributed by atoms with van der Waals surface area (Å²) < 4.78 is 25.6. The van der Waals surface area contributed by atoms with Crippen molar-refractivity contribution in [3.63, 3.8) is 0 Å². The zero-order valence-corrected chi connectivity index (χ0v) is 14.8. The van der Waals surface area contributed by atoms with Crippen LogP contribution >= 0.6 is 0 Å². The third-order valence-electron chi connectivity index (χ3n) is 3.80. The van der Waals surface area contributed by atoms with E-state index in [1.54, 1.807) is 20.8 Å². The number of anilines is 1. The van der Waals surface area contributed by atoms with Crippen molar-refractivity contribution in [2.45, 2.75) is 50.9 Å². The maximum absolute atomic E-state index is 13.9. The second kappa shape index (κ2) is 6.96. The van der Waals surface area contributed by atoms with Gasteiger partial charge in [0, 0.05) is 0 Å². The lowest BCUT2D eigenvalue weighted by atomic mass is 10.1. The topological polar surface area (TPSA) is 152 Å². The standard InChI is InChI=1S/C15H20FN5O6/c1-15(2,3)27-14(25)19-10-7-11(20-13(16)18-10)21(5-17-7)12-9(24)8(23)6(4-22)26-12/h5-6,8-9,12,22-24H,4H2,1-3H3,(H,18,19,20,25)/t6-,8+,9?,12-/m1/s1. The Bertz CT molecular complexity index is 853. The predicted molar refractivity (Wildman–Crippen MR) is 88.1 cm³/mol. The maximum Gasteiger partial charge on any atom is 0.413 e. The number of carbonyl (C=O) groups excluding carboxylic acids is 1. The molecule has 3 heterocycles. The van der Waals surface area contributed by atoms with Crippen LogP contribution in [0.2, 0.25) is 0 Å². The van der Waals surface area contributed by atoms with Gasteiger partial charge in [0.1, 0.15) is 23.9 Å². The Morgan fingerprint density at radius 3 is 2.67 bits per heavy atom. The molecule has 148 valence electrons. The molecule has 11 nitrogen and oxygen atoms in total. The number of fused-ring (bicyclic) bond motifs is 1. The minimum atomic E-state index is -1.40. The second-order valence-electron chi connectivity index (χ2n) is 7.02. The number of ether oxygens (including phenoxy) is 2. The zero-order chi connectivity index (χ0) is 19.9. The van der Waals surface area contributed by atoms with Crippen LogP contribution in [0.15, 0.2) is 6.33 Å². The van der Waals surface area contributed by atoms with Gasteiger partial charge in [-0.2, -0.15) is 14.4 Å². The van der Waals surface area contributed by atoms with Gasteiger partial charge in [0.2, 0.25) is 0 Å². The highest BCUT2D eigenvalue weighted by Crippen LogP contribution is 2.32. The molecule has 4 N–H and O–H groups in total. The molecule has 4 atom stereocenters. The fourth-order valence-electron chi connectivity index (χ4n) is 2.67. The Hall–Kier alpha value is -2.41. The highest BCUT2D eigenvalue weighted by atomic mass is 19.1. The molecule has 0 saturated carbocycles. The highest BCUT2D eigenvalue weighted by molar-refractivity contribution is 5.93. The van der Waals surface area contributed by atoms with E-state index >= 15 is 0 Å². The van der Waals surface area contributed by atoms with Crippen LogP contribution in [0.1, 0.15) is 27.0 Å². The van der Waals surface area contributed by atoms with Gasteiger partial charge in [-0.25, -0.2) is 9.78 Å². The van der Waals surface area contributed by atoms with E-state index in [1.807, 2.05) is 0 Å². The largest absolute Gasteiger partial charge is 0.444 e. The Labute approximate surface area is 152 Å². The first kappa shape index (κ1) is 19.4. The van der Waals surface area contributed by atoms with Crippen LogP contribution in [0, 0.1) is 6.08 Å². The van der Waals surface area contributed by atoms with E-state index in [1.165, 1.54) is 10.9 Å². The summed E-state index contributed by atoms with van der Waals surface area (Å²) >= 11 is 0. The molecule has 3 rings (SSSR count). The van der Waals surface area contributed by atoms with Crippen LogP contribution in [0.25, 0.3) is 11.2 Å². The summed E-state index contributed by atoms with van der Waals surface area (Å²) in [6.45, 7) is 4.48. The van der Waals surface area contributed by atoms with Crippen molar-refractivity contribution in [3.8, 4) is 0 Å². The van der Waals surface area contributed by atoms with E-state index < -0.39 is 48.9 Å². The van der Waals surface area contributed by atoms with Crippen LogP contribution < -0.4 is 5.32 Å². The molecule has 0 radical (unpaired) electrons. The molecule has 1 unspecified atom stereocenters. The van der Waals surface area contributed by atoms with Crippen molar-refractivity contribution in [1.82, 2.24) is 19.5 Å². The van der Waals surface area contributed by atoms with Crippen LogP contribution in [0.4, 0.5) is 15.0 Å². The molecule has 1 amide bonds. The van der Waals surface area contributed by atoms with E-state index in [0.29, 0.717) is 0 Å². The second-order valence-corrected chi connectivity index (χ2v) is 7.02. The van der Waals surface area contributed by atoms with Crippen LogP contribution in [0.3, 0.4) is 0 Å². The Kier molecular flexibility index (Phi) is 4.99. The van der Waals surface area contributed by atoms with Crippen molar-refractivity contribution < 1.29 is 34.0 Å². The summed E-state index contributed by atoms with van der Waals surface area (Å²) in [4.78, 5) is 23.1. The molecule has 1 saturated heterocycles. The molecule has 0 aliphatic carbocycles. The number of hydrogen-bond acceptors (Lipinski definition) is 9. The highest BCUT2D eigenvalue weighted by Gasteiger charge is 2.44. The van der Waals surface area contributed by atoms with Gasteiger partial charge >= 0.3 is 12.2 Å². The van der Waals surface area contributed by atoms with E-state index in [4.69, 9.17) is 9.47 Å². The fourth-order valence-corrected chi connectivity index (χ4v) is 2.67. The average Bonchev–Trinajstić information content (AvgIpc) is 3.08. The summed E-state index contributed by atoms with van der Waals surface area (Å²) in [6.07, 6.45) is -5.74. The van der Waals surface area contributed by atoms with Gasteiger partial charge < -0.3 is 24.8 Å². The number of rotatable bonds is 3. The van der Waals surface area contributed by atoms with Crippen molar-refractivity contribution in [2.24, 2.45) is 0 Å². The Balaban J connectivity index is 1.95. The number of imidazole rings is 1. The number of hydrogen-bond donors (Lipinski definition) is 4. The summed E-state index contributed by atoms with van der Waals surface area (Å²) in [5.41, 5.74) is -0.825. The van der Waals surface area contributed by atoms with E-state index in [9.17, 15) is 24.5 Å². The lowest BCUT2D eigenvalue weighted by Crippen LogP contribution is -2.33. The first-order valence-electron chi connectivity index (χ1n) is 8.13. The lowest BCUT2D eigenvalue weighted by molar-refractivity contribution is -0.0511. The van der Waals surface area contributed by atoms with Gasteiger partial charge in [0.15, 0.2) is 23.2 Å². The van der Waals surface area contributed by atoms with Gasteiger partial charge in [-0.1, -0.05) is 0 Å². The minimum Gasteiger partial charge on any atom is -0.444 e. The smallest absolute Gasteiger partial charge is 0.413 e. The summed E-state index contributed by atoms with van der Waals surface area (Å²) in [6, 6.07) is 0. The van der Waals surface area contributed by atoms with Gasteiger partial charge in [-0.3, -0.25) is 9.88 Å². The predicted octanol–water partition coefficient (Wildman–Crippen LogP) is -0.0761. The van der Waals surface area contributed by atoms with Crippen molar-refractivity contribution in [1.29, 1.82) is 0 Å². The van der Waals surface area contributed by atoms with Gasteiger partial charge in [-0.05, 0) is 20.8 Å². The summed E-state index contributed by atoms with van der Waals surface area (Å²) in [5.74, 6) is -0.225.